The lowest BCUT2D eigenvalue weighted by Gasteiger charge is -1.86. The van der Waals surface area contributed by atoms with Crippen LogP contribution in [-0.2, 0) is 0 Å². The Kier molecular flexibility index (Phi) is 1.15. The van der Waals surface area contributed by atoms with Gasteiger partial charge < -0.3 is 0 Å². The highest BCUT2D eigenvalue weighted by Gasteiger charge is 2.03. The Hall–Kier alpha value is -1.78. The molecule has 0 aromatic carbocycles. The molecular weight excluding hydrogens is 144 g/mol. The summed E-state index contributed by atoms with van der Waals surface area (Å²) in [5.41, 5.74) is -0.377. The number of aromatic nitrogens is 4. The van der Waals surface area contributed by atoms with E-state index in [0.717, 1.165) is 0 Å². The maximum atomic E-state index is 10.9. The first-order valence-corrected chi connectivity index (χ1v) is 3.03. The van der Waals surface area contributed by atoms with Crippen LogP contribution in [-0.4, -0.2) is 19.7 Å². The molecule has 0 aliphatic carbocycles. The molecule has 0 radical (unpaired) electrons. The highest BCUT2D eigenvalue weighted by molar-refractivity contribution is 5.15. The van der Waals surface area contributed by atoms with E-state index in [4.69, 9.17) is 0 Å². The summed E-state index contributed by atoms with van der Waals surface area (Å²) >= 11 is 0. The molecule has 2 aliphatic heterocycles. The van der Waals surface area contributed by atoms with Gasteiger partial charge in [0, 0.05) is 12.4 Å². The van der Waals surface area contributed by atoms with Gasteiger partial charge in [0.05, 0.1) is 6.20 Å². The normalized spacial score (nSPS) is 10.2. The van der Waals surface area contributed by atoms with Gasteiger partial charge in [-0.15, -0.1) is 5.10 Å². The van der Waals surface area contributed by atoms with Crippen molar-refractivity contribution in [1.29, 1.82) is 0 Å². The molecule has 2 aliphatic rings. The predicted octanol–water partition coefficient (Wildman–Crippen LogP) is -0.540. The molecule has 0 fully saturated rings. The number of hydrogen-bond donors (Lipinski definition) is 0. The molecule has 54 valence electrons. The molecule has 0 bridgehead atoms. The summed E-state index contributed by atoms with van der Waals surface area (Å²) < 4.78 is 1.33. The fourth-order valence-corrected chi connectivity index (χ4v) is 0.800. The van der Waals surface area contributed by atoms with Gasteiger partial charge in [-0.05, 0) is 6.07 Å². The second-order valence-corrected chi connectivity index (χ2v) is 1.98. The van der Waals surface area contributed by atoms with Gasteiger partial charge in [-0.1, -0.05) is 5.10 Å². The second kappa shape index (κ2) is 2.12. The average Bonchev–Trinajstić information content (AvgIpc) is 2.25. The van der Waals surface area contributed by atoms with E-state index in [-0.39, 0.29) is 5.69 Å². The van der Waals surface area contributed by atoms with Crippen molar-refractivity contribution in [2.24, 2.45) is 0 Å². The summed E-state index contributed by atoms with van der Waals surface area (Å²) in [6.07, 6.45) is 4.63. The van der Waals surface area contributed by atoms with Crippen LogP contribution in [0.2, 0.25) is 0 Å². The van der Waals surface area contributed by atoms with E-state index in [1.54, 1.807) is 18.5 Å². The Morgan fingerprint density at radius 2 is 2.27 bits per heavy atom. The smallest absolute Gasteiger partial charge is 0.261 e. The van der Waals surface area contributed by atoms with Crippen molar-refractivity contribution >= 4 is 0 Å². The maximum absolute atomic E-state index is 10.9. The van der Waals surface area contributed by atoms with Crippen LogP contribution in [0.3, 0.4) is 0 Å². The molecule has 0 aromatic rings. The van der Waals surface area contributed by atoms with Crippen LogP contribution in [0.5, 0.6) is 0 Å². The molecule has 2 heterocycles. The molecule has 0 saturated heterocycles. The number of fused-ring (bicyclic) bond motifs is 1. The van der Waals surface area contributed by atoms with Crippen LogP contribution in [0.4, 0.5) is 0 Å². The van der Waals surface area contributed by atoms with Gasteiger partial charge in [0.2, 0.25) is 0 Å². The third-order valence-corrected chi connectivity index (χ3v) is 1.29. The average molecular weight is 148 g/mol. The van der Waals surface area contributed by atoms with Crippen molar-refractivity contribution in [3.05, 3.63) is 35.1 Å². The van der Waals surface area contributed by atoms with E-state index in [0.29, 0.717) is 5.82 Å². The largest absolute Gasteiger partial charge is 0.372 e. The summed E-state index contributed by atoms with van der Waals surface area (Å²) in [6, 6.07) is 1.65. The topological polar surface area (TPSA) is 60.7 Å². The van der Waals surface area contributed by atoms with E-state index < -0.39 is 0 Å². The van der Waals surface area contributed by atoms with E-state index in [1.807, 2.05) is 0 Å². The van der Waals surface area contributed by atoms with E-state index in [1.165, 1.54) is 10.8 Å². The molecule has 0 spiro atoms. The van der Waals surface area contributed by atoms with Crippen molar-refractivity contribution in [2.45, 2.75) is 0 Å². The Labute approximate surface area is 61.7 Å². The summed E-state index contributed by atoms with van der Waals surface area (Å²) in [4.78, 5) is 14.7. The van der Waals surface area contributed by atoms with E-state index in [2.05, 4.69) is 15.2 Å². The molecule has 11 heavy (non-hydrogen) atoms. The maximum Gasteiger partial charge on any atom is 0.372 e. The van der Waals surface area contributed by atoms with Crippen molar-refractivity contribution in [3.63, 3.8) is 0 Å². The lowest BCUT2D eigenvalue weighted by Crippen LogP contribution is -2.11. The molecule has 0 saturated carbocycles. The first-order chi connectivity index (χ1) is 5.38. The van der Waals surface area contributed by atoms with Gasteiger partial charge in [-0.3, -0.25) is 4.98 Å². The first-order valence-electron chi connectivity index (χ1n) is 3.03. The van der Waals surface area contributed by atoms with Gasteiger partial charge in [0.1, 0.15) is 0 Å². The highest BCUT2D eigenvalue weighted by Crippen LogP contribution is 1.94. The fourth-order valence-electron chi connectivity index (χ4n) is 0.800. The number of hydrogen-bond acceptors (Lipinski definition) is 4. The molecule has 0 amide bonds. The highest BCUT2D eigenvalue weighted by atomic mass is 16.1. The Morgan fingerprint density at radius 1 is 1.36 bits per heavy atom. The predicted molar refractivity (Wildman–Crippen MR) is 36.6 cm³/mol. The Morgan fingerprint density at radius 3 is 3.18 bits per heavy atom. The van der Waals surface area contributed by atoms with Crippen LogP contribution >= 0.6 is 0 Å². The Balaban J connectivity index is 2.86. The SMILES string of the molecule is O=c1nnc2cncccn1-2. The van der Waals surface area contributed by atoms with Crippen LogP contribution in [0, 0.1) is 0 Å². The molecule has 0 unspecified atom stereocenters. The summed E-state index contributed by atoms with van der Waals surface area (Å²) in [6.45, 7) is 0. The van der Waals surface area contributed by atoms with Gasteiger partial charge in [0.25, 0.3) is 0 Å². The molecule has 2 rings (SSSR count). The number of rotatable bonds is 0. The van der Waals surface area contributed by atoms with Crippen LogP contribution in [0.1, 0.15) is 0 Å². The lowest BCUT2D eigenvalue weighted by molar-refractivity contribution is 0.995. The molecule has 0 aromatic heterocycles. The molecule has 0 N–H and O–H groups in total. The third-order valence-electron chi connectivity index (χ3n) is 1.29. The second-order valence-electron chi connectivity index (χ2n) is 1.98. The molecular formula is C6H4N4O. The van der Waals surface area contributed by atoms with Gasteiger partial charge in [-0.2, -0.15) is 0 Å². The van der Waals surface area contributed by atoms with Crippen molar-refractivity contribution in [2.75, 3.05) is 0 Å². The van der Waals surface area contributed by atoms with Crippen molar-refractivity contribution in [3.8, 4) is 5.82 Å². The quantitative estimate of drug-likeness (QED) is 0.503. The zero-order chi connectivity index (χ0) is 7.68. The first kappa shape index (κ1) is 5.96. The van der Waals surface area contributed by atoms with Crippen LogP contribution in [0.15, 0.2) is 29.5 Å². The van der Waals surface area contributed by atoms with Gasteiger partial charge in [0.15, 0.2) is 5.82 Å². The summed E-state index contributed by atoms with van der Waals surface area (Å²) in [5.74, 6) is 0.458. The standard InChI is InChI=1S/C6H4N4O/c11-6-9-8-5-4-7-2-1-3-10(5)6/h1-4H. The van der Waals surface area contributed by atoms with Crippen molar-refractivity contribution < 1.29 is 0 Å². The lowest BCUT2D eigenvalue weighted by atomic mass is 10.7. The monoisotopic (exact) mass is 148 g/mol. The summed E-state index contributed by atoms with van der Waals surface area (Å²) in [7, 11) is 0. The van der Waals surface area contributed by atoms with Crippen LogP contribution in [0.25, 0.3) is 5.82 Å². The van der Waals surface area contributed by atoms with Gasteiger partial charge in [-0.25, -0.2) is 9.36 Å². The van der Waals surface area contributed by atoms with Crippen molar-refractivity contribution in [1.82, 2.24) is 19.7 Å². The summed E-state index contributed by atoms with van der Waals surface area (Å²) in [5, 5.41) is 6.94. The number of nitrogens with zero attached hydrogens (tertiary/aromatic N) is 4. The minimum absolute atomic E-state index is 0.377. The molecule has 0 atom stereocenters. The Bertz CT molecular complexity index is 396. The molecule has 5 nitrogen and oxygen atoms in total. The minimum atomic E-state index is -0.377. The third kappa shape index (κ3) is 0.861. The van der Waals surface area contributed by atoms with E-state index in [9.17, 15) is 4.79 Å². The zero-order valence-electron chi connectivity index (χ0n) is 5.51. The van der Waals surface area contributed by atoms with Gasteiger partial charge >= 0.3 is 5.69 Å². The zero-order valence-corrected chi connectivity index (χ0v) is 5.51. The fraction of sp³-hybridized carbons (Fsp3) is 0. The minimum Gasteiger partial charge on any atom is -0.261 e. The van der Waals surface area contributed by atoms with E-state index >= 15 is 0 Å². The van der Waals surface area contributed by atoms with Crippen LogP contribution < -0.4 is 5.69 Å². The molecule has 5 heteroatoms.